The third kappa shape index (κ3) is 1.65. The first kappa shape index (κ1) is 10.5. The lowest BCUT2D eigenvalue weighted by molar-refractivity contribution is -0.131. The topological polar surface area (TPSA) is 46.6 Å². The van der Waals surface area contributed by atoms with Crippen molar-refractivity contribution in [2.24, 2.45) is 5.92 Å². The molecule has 1 saturated heterocycles. The molecule has 5 heteroatoms. The van der Waals surface area contributed by atoms with Gasteiger partial charge in [-0.25, -0.2) is 9.69 Å². The van der Waals surface area contributed by atoms with Gasteiger partial charge in [0.2, 0.25) is 5.91 Å². The number of allylic oxidation sites excluding steroid dienone is 1. The maximum atomic E-state index is 11.9. The van der Waals surface area contributed by atoms with E-state index in [0.29, 0.717) is 13.2 Å². The van der Waals surface area contributed by atoms with E-state index in [-0.39, 0.29) is 11.8 Å². The first-order valence-corrected chi connectivity index (χ1v) is 6.09. The first-order chi connectivity index (χ1) is 7.15. The van der Waals surface area contributed by atoms with Crippen molar-refractivity contribution in [1.82, 2.24) is 4.90 Å². The van der Waals surface area contributed by atoms with Gasteiger partial charge < -0.3 is 4.74 Å². The largest absolute Gasteiger partial charge is 0.447 e. The summed E-state index contributed by atoms with van der Waals surface area (Å²) in [4.78, 5) is 25.5. The number of rotatable bonds is 2. The Morgan fingerprint density at radius 2 is 2.33 bits per heavy atom. The fourth-order valence-electron chi connectivity index (χ4n) is 1.96. The average molecular weight is 227 g/mol. The zero-order chi connectivity index (χ0) is 11.0. The smallest absolute Gasteiger partial charge is 0.416 e. The fraction of sp³-hybridized carbons (Fsp3) is 0.600. The zero-order valence-corrected chi connectivity index (χ0v) is 9.60. The summed E-state index contributed by atoms with van der Waals surface area (Å²) in [5.41, 5.74) is 1.26. The van der Waals surface area contributed by atoms with E-state index in [4.69, 9.17) is 4.74 Å². The van der Waals surface area contributed by atoms with Gasteiger partial charge in [0, 0.05) is 0 Å². The third-order valence-electron chi connectivity index (χ3n) is 2.79. The van der Waals surface area contributed by atoms with Crippen molar-refractivity contribution in [3.05, 3.63) is 10.5 Å². The van der Waals surface area contributed by atoms with E-state index in [1.165, 1.54) is 10.5 Å². The molecular formula is C10H13NO3S. The van der Waals surface area contributed by atoms with Crippen LogP contribution in [0.15, 0.2) is 10.5 Å². The number of carbonyl (C=O) groups excluding carboxylic acids is 2. The molecule has 0 unspecified atom stereocenters. The molecule has 1 aliphatic carbocycles. The molecule has 1 atom stereocenters. The number of imide groups is 1. The van der Waals surface area contributed by atoms with Crippen LogP contribution in [0.5, 0.6) is 0 Å². The number of thioether (sulfide) groups is 1. The van der Waals surface area contributed by atoms with Crippen LogP contribution in [0.25, 0.3) is 0 Å². The number of hydrogen-bond donors (Lipinski definition) is 0. The highest BCUT2D eigenvalue weighted by atomic mass is 32.2. The summed E-state index contributed by atoms with van der Waals surface area (Å²) < 4.78 is 4.74. The summed E-state index contributed by atoms with van der Waals surface area (Å²) in [6.45, 7) is 2.75. The minimum absolute atomic E-state index is 0.104. The molecule has 1 fully saturated rings. The van der Waals surface area contributed by atoms with Crippen LogP contribution in [-0.4, -0.2) is 36.3 Å². The molecule has 2 amide bonds. The minimum atomic E-state index is -0.495. The molecule has 2 aliphatic rings. The van der Waals surface area contributed by atoms with Crippen molar-refractivity contribution < 1.29 is 14.3 Å². The quantitative estimate of drug-likeness (QED) is 0.719. The molecule has 4 nitrogen and oxygen atoms in total. The minimum Gasteiger partial charge on any atom is -0.447 e. The number of hydrogen-bond acceptors (Lipinski definition) is 4. The van der Waals surface area contributed by atoms with Gasteiger partial charge in [-0.2, -0.15) is 0 Å². The second kappa shape index (κ2) is 3.89. The molecule has 15 heavy (non-hydrogen) atoms. The number of nitrogens with zero attached hydrogens (tertiary/aromatic N) is 1. The van der Waals surface area contributed by atoms with Crippen LogP contribution in [0, 0.1) is 5.92 Å². The van der Waals surface area contributed by atoms with E-state index in [9.17, 15) is 9.59 Å². The van der Waals surface area contributed by atoms with E-state index in [1.54, 1.807) is 11.8 Å². The van der Waals surface area contributed by atoms with Crippen LogP contribution in [-0.2, 0) is 9.53 Å². The Balaban J connectivity index is 2.07. The average Bonchev–Trinajstić information content (AvgIpc) is 2.60. The summed E-state index contributed by atoms with van der Waals surface area (Å²) in [6, 6.07) is 0. The van der Waals surface area contributed by atoms with E-state index in [1.807, 2.05) is 13.2 Å². The summed E-state index contributed by atoms with van der Waals surface area (Å²) >= 11 is 1.60. The standard InChI is InChI=1S/C10H13NO3S/c1-6-5-7(8(6)15-2)9(12)11-3-4-14-10(11)13/h7H,3-5H2,1-2H3/t7-/m0/s1. The molecule has 0 saturated carbocycles. The molecule has 0 aromatic heterocycles. The highest BCUT2D eigenvalue weighted by molar-refractivity contribution is 8.02. The van der Waals surface area contributed by atoms with E-state index in [2.05, 4.69) is 0 Å². The molecule has 2 rings (SSSR count). The lowest BCUT2D eigenvalue weighted by atomic mass is 9.86. The van der Waals surface area contributed by atoms with Gasteiger partial charge in [-0.1, -0.05) is 5.57 Å². The molecule has 0 N–H and O–H groups in total. The summed E-state index contributed by atoms with van der Waals surface area (Å²) in [6.07, 6.45) is 2.24. The Labute approximate surface area is 92.6 Å². The summed E-state index contributed by atoms with van der Waals surface area (Å²) in [5.74, 6) is -0.210. The number of carbonyl (C=O) groups is 2. The van der Waals surface area contributed by atoms with Crippen molar-refractivity contribution >= 4 is 23.8 Å². The second-order valence-electron chi connectivity index (χ2n) is 3.71. The van der Waals surface area contributed by atoms with Gasteiger partial charge in [-0.3, -0.25) is 4.79 Å². The monoisotopic (exact) mass is 227 g/mol. The number of cyclic esters (lactones) is 1. The van der Waals surface area contributed by atoms with Crippen LogP contribution in [0.2, 0.25) is 0 Å². The van der Waals surface area contributed by atoms with Crippen LogP contribution in [0.1, 0.15) is 13.3 Å². The molecule has 0 spiro atoms. The Morgan fingerprint density at radius 3 is 2.80 bits per heavy atom. The van der Waals surface area contributed by atoms with Crippen molar-refractivity contribution in [2.75, 3.05) is 19.4 Å². The van der Waals surface area contributed by atoms with Crippen molar-refractivity contribution in [2.45, 2.75) is 13.3 Å². The van der Waals surface area contributed by atoms with Gasteiger partial charge in [0.15, 0.2) is 0 Å². The maximum absolute atomic E-state index is 11.9. The Morgan fingerprint density at radius 1 is 1.60 bits per heavy atom. The summed E-state index contributed by atoms with van der Waals surface area (Å²) in [7, 11) is 0. The lowest BCUT2D eigenvalue weighted by Gasteiger charge is -2.31. The van der Waals surface area contributed by atoms with E-state index < -0.39 is 6.09 Å². The predicted octanol–water partition coefficient (Wildman–Crippen LogP) is 1.62. The predicted molar refractivity (Wildman–Crippen MR) is 57.4 cm³/mol. The summed E-state index contributed by atoms with van der Waals surface area (Å²) in [5, 5.41) is 0. The Kier molecular flexibility index (Phi) is 2.73. The van der Waals surface area contributed by atoms with Gasteiger partial charge in [0.05, 0.1) is 12.5 Å². The molecule has 82 valence electrons. The maximum Gasteiger partial charge on any atom is 0.416 e. The molecule has 1 heterocycles. The highest BCUT2D eigenvalue weighted by Gasteiger charge is 2.39. The van der Waals surface area contributed by atoms with Gasteiger partial charge in [0.25, 0.3) is 0 Å². The van der Waals surface area contributed by atoms with Gasteiger partial charge in [-0.05, 0) is 24.5 Å². The van der Waals surface area contributed by atoms with Crippen molar-refractivity contribution in [3.8, 4) is 0 Å². The van der Waals surface area contributed by atoms with Crippen LogP contribution in [0.4, 0.5) is 4.79 Å². The van der Waals surface area contributed by atoms with Crippen molar-refractivity contribution in [1.29, 1.82) is 0 Å². The number of amides is 2. The van der Waals surface area contributed by atoms with Gasteiger partial charge in [-0.15, -0.1) is 11.8 Å². The third-order valence-corrected chi connectivity index (χ3v) is 3.87. The van der Waals surface area contributed by atoms with Crippen LogP contribution in [0.3, 0.4) is 0 Å². The van der Waals surface area contributed by atoms with Gasteiger partial charge >= 0.3 is 6.09 Å². The fourth-order valence-corrected chi connectivity index (χ4v) is 2.86. The highest BCUT2D eigenvalue weighted by Crippen LogP contribution is 2.42. The normalized spacial score (nSPS) is 25.3. The molecular weight excluding hydrogens is 214 g/mol. The first-order valence-electron chi connectivity index (χ1n) is 4.87. The van der Waals surface area contributed by atoms with E-state index in [0.717, 1.165) is 11.3 Å². The molecule has 1 aliphatic heterocycles. The second-order valence-corrected chi connectivity index (χ2v) is 4.56. The molecule has 0 radical (unpaired) electrons. The SMILES string of the molecule is CSC1=C(C)C[C@@H]1C(=O)N1CCOC1=O. The molecule has 0 bridgehead atoms. The van der Waals surface area contributed by atoms with E-state index >= 15 is 0 Å². The molecule has 0 aromatic rings. The lowest BCUT2D eigenvalue weighted by Crippen LogP contribution is -2.40. The van der Waals surface area contributed by atoms with Gasteiger partial charge in [0.1, 0.15) is 6.61 Å². The Hall–Kier alpha value is -0.970. The van der Waals surface area contributed by atoms with Crippen molar-refractivity contribution in [3.63, 3.8) is 0 Å². The molecule has 0 aromatic carbocycles. The van der Waals surface area contributed by atoms with Crippen LogP contribution >= 0.6 is 11.8 Å². The van der Waals surface area contributed by atoms with Crippen LogP contribution < -0.4 is 0 Å². The zero-order valence-electron chi connectivity index (χ0n) is 8.78. The number of ether oxygens (including phenoxy) is 1. The Bertz CT molecular complexity index is 351.